The maximum atomic E-state index is 5.28. The Labute approximate surface area is 166 Å². The molecule has 144 valence electrons. The van der Waals surface area contributed by atoms with Crippen LogP contribution in [-0.4, -0.2) is 41.7 Å². The van der Waals surface area contributed by atoms with Crippen molar-refractivity contribution in [2.75, 3.05) is 12.4 Å². The standard InChI is InChI=1S/C20H18N8O/c1-27-12-13(10-23-27)16-5-6-19-24-25-20(28(19)26-16)11-22-17-7-8-21-18-9-14(29-2)3-4-15(17)18/h3-10,12H,11H2,1-2H3,(H,21,22). The van der Waals surface area contributed by atoms with Crippen molar-refractivity contribution in [3.05, 3.63) is 60.8 Å². The molecule has 5 aromatic rings. The molecule has 29 heavy (non-hydrogen) atoms. The van der Waals surface area contributed by atoms with Gasteiger partial charge in [0.15, 0.2) is 11.5 Å². The molecule has 4 heterocycles. The third-order valence-corrected chi connectivity index (χ3v) is 4.71. The molecule has 0 atom stereocenters. The fraction of sp³-hybridized carbons (Fsp3) is 0.150. The van der Waals surface area contributed by atoms with Crippen molar-refractivity contribution in [3.8, 4) is 17.0 Å². The van der Waals surface area contributed by atoms with Crippen LogP contribution in [0.15, 0.2) is 55.0 Å². The van der Waals surface area contributed by atoms with Gasteiger partial charge in [0.2, 0.25) is 0 Å². The van der Waals surface area contributed by atoms with E-state index >= 15 is 0 Å². The number of fused-ring (bicyclic) bond motifs is 2. The van der Waals surface area contributed by atoms with Crippen LogP contribution in [0.3, 0.4) is 0 Å². The van der Waals surface area contributed by atoms with Crippen LogP contribution in [0, 0.1) is 0 Å². The number of methoxy groups -OCH3 is 1. The van der Waals surface area contributed by atoms with Crippen LogP contribution in [0.2, 0.25) is 0 Å². The van der Waals surface area contributed by atoms with E-state index in [1.165, 1.54) is 0 Å². The number of benzene rings is 1. The summed E-state index contributed by atoms with van der Waals surface area (Å²) in [5.74, 6) is 1.49. The Bertz CT molecular complexity index is 1320. The normalized spacial score (nSPS) is 11.2. The van der Waals surface area contributed by atoms with Crippen LogP contribution in [0.25, 0.3) is 27.8 Å². The molecule has 5 rings (SSSR count). The summed E-state index contributed by atoms with van der Waals surface area (Å²) in [6, 6.07) is 11.6. The number of hydrogen-bond donors (Lipinski definition) is 1. The van der Waals surface area contributed by atoms with Crippen LogP contribution in [0.5, 0.6) is 5.75 Å². The van der Waals surface area contributed by atoms with Crippen molar-refractivity contribution < 1.29 is 4.74 Å². The molecule has 0 spiro atoms. The summed E-state index contributed by atoms with van der Waals surface area (Å²) < 4.78 is 8.78. The molecule has 0 saturated heterocycles. The third-order valence-electron chi connectivity index (χ3n) is 4.71. The minimum absolute atomic E-state index is 0.468. The van der Waals surface area contributed by atoms with Crippen molar-refractivity contribution in [2.24, 2.45) is 7.05 Å². The van der Waals surface area contributed by atoms with Gasteiger partial charge in [-0.3, -0.25) is 9.67 Å². The van der Waals surface area contributed by atoms with Gasteiger partial charge in [-0.25, -0.2) is 0 Å². The number of pyridine rings is 1. The van der Waals surface area contributed by atoms with Gasteiger partial charge in [0.05, 0.1) is 31.1 Å². The molecule has 0 aliphatic heterocycles. The highest BCUT2D eigenvalue weighted by Gasteiger charge is 2.11. The van der Waals surface area contributed by atoms with Gasteiger partial charge in [0, 0.05) is 42.1 Å². The first-order chi connectivity index (χ1) is 14.2. The first-order valence-corrected chi connectivity index (χ1v) is 9.08. The second-order valence-corrected chi connectivity index (χ2v) is 6.60. The monoisotopic (exact) mass is 386 g/mol. The first kappa shape index (κ1) is 17.1. The number of ether oxygens (including phenoxy) is 1. The van der Waals surface area contributed by atoms with Gasteiger partial charge in [-0.15, -0.1) is 10.2 Å². The molecule has 0 saturated carbocycles. The van der Waals surface area contributed by atoms with Crippen LogP contribution >= 0.6 is 0 Å². The topological polar surface area (TPSA) is 95.0 Å². The van der Waals surface area contributed by atoms with Gasteiger partial charge < -0.3 is 10.1 Å². The second kappa shape index (κ2) is 6.86. The lowest BCUT2D eigenvalue weighted by atomic mass is 10.2. The molecule has 0 radical (unpaired) electrons. The van der Waals surface area contributed by atoms with Gasteiger partial charge in [-0.05, 0) is 30.3 Å². The number of nitrogens with one attached hydrogen (secondary N) is 1. The van der Waals surface area contributed by atoms with Crippen LogP contribution in [-0.2, 0) is 13.6 Å². The van der Waals surface area contributed by atoms with Gasteiger partial charge in [-0.1, -0.05) is 0 Å². The van der Waals surface area contributed by atoms with E-state index in [4.69, 9.17) is 4.74 Å². The lowest BCUT2D eigenvalue weighted by molar-refractivity contribution is 0.415. The fourth-order valence-corrected chi connectivity index (χ4v) is 3.23. The van der Waals surface area contributed by atoms with E-state index < -0.39 is 0 Å². The molecule has 9 heteroatoms. The van der Waals surface area contributed by atoms with Crippen molar-refractivity contribution in [3.63, 3.8) is 0 Å². The quantitative estimate of drug-likeness (QED) is 0.496. The number of aryl methyl sites for hydroxylation is 1. The van der Waals surface area contributed by atoms with E-state index in [0.29, 0.717) is 18.0 Å². The Balaban J connectivity index is 1.46. The first-order valence-electron chi connectivity index (χ1n) is 9.08. The predicted octanol–water partition coefficient (Wildman–Crippen LogP) is 2.69. The number of hydrogen-bond acceptors (Lipinski definition) is 7. The molecular formula is C20H18N8O. The number of aromatic nitrogens is 7. The lowest BCUT2D eigenvalue weighted by Gasteiger charge is -2.09. The van der Waals surface area contributed by atoms with E-state index in [9.17, 15) is 0 Å². The van der Waals surface area contributed by atoms with Gasteiger partial charge >= 0.3 is 0 Å². The second-order valence-electron chi connectivity index (χ2n) is 6.60. The highest BCUT2D eigenvalue weighted by molar-refractivity contribution is 5.91. The average Bonchev–Trinajstić information content (AvgIpc) is 3.37. The smallest absolute Gasteiger partial charge is 0.178 e. The Kier molecular flexibility index (Phi) is 4.05. The summed E-state index contributed by atoms with van der Waals surface area (Å²) in [6.45, 7) is 0.468. The largest absolute Gasteiger partial charge is 0.497 e. The highest BCUT2D eigenvalue weighted by Crippen LogP contribution is 2.25. The van der Waals surface area contributed by atoms with Crippen molar-refractivity contribution >= 4 is 22.2 Å². The minimum Gasteiger partial charge on any atom is -0.497 e. The maximum absolute atomic E-state index is 5.28. The number of nitrogens with zero attached hydrogens (tertiary/aromatic N) is 7. The zero-order valence-electron chi connectivity index (χ0n) is 15.9. The van der Waals surface area contributed by atoms with Crippen LogP contribution < -0.4 is 10.1 Å². The van der Waals surface area contributed by atoms with Gasteiger partial charge in [0.25, 0.3) is 0 Å². The Hall–Kier alpha value is -4.01. The van der Waals surface area contributed by atoms with Crippen molar-refractivity contribution in [1.82, 2.24) is 34.6 Å². The Morgan fingerprint density at radius 2 is 2.03 bits per heavy atom. The van der Waals surface area contributed by atoms with Crippen molar-refractivity contribution in [1.29, 1.82) is 0 Å². The average molecular weight is 386 g/mol. The molecule has 0 amide bonds. The fourth-order valence-electron chi connectivity index (χ4n) is 3.23. The Morgan fingerprint density at radius 3 is 2.86 bits per heavy atom. The zero-order valence-corrected chi connectivity index (χ0v) is 15.9. The van der Waals surface area contributed by atoms with E-state index in [2.05, 4.69) is 30.7 Å². The highest BCUT2D eigenvalue weighted by atomic mass is 16.5. The molecule has 4 aromatic heterocycles. The molecule has 9 nitrogen and oxygen atoms in total. The SMILES string of the molecule is COc1ccc2c(NCc3nnc4ccc(-c5cnn(C)c5)nn34)ccnc2c1. The summed E-state index contributed by atoms with van der Waals surface area (Å²) in [7, 11) is 3.53. The van der Waals surface area contributed by atoms with Gasteiger partial charge in [-0.2, -0.15) is 14.7 Å². The van der Waals surface area contributed by atoms with E-state index in [1.807, 2.05) is 49.6 Å². The predicted molar refractivity (Wildman–Crippen MR) is 109 cm³/mol. The van der Waals surface area contributed by atoms with Crippen LogP contribution in [0.1, 0.15) is 5.82 Å². The Morgan fingerprint density at radius 1 is 1.10 bits per heavy atom. The molecule has 1 aromatic carbocycles. The lowest BCUT2D eigenvalue weighted by Crippen LogP contribution is -2.07. The molecule has 0 unspecified atom stereocenters. The van der Waals surface area contributed by atoms with Crippen LogP contribution in [0.4, 0.5) is 5.69 Å². The molecule has 1 N–H and O–H groups in total. The van der Waals surface area contributed by atoms with Crippen molar-refractivity contribution in [2.45, 2.75) is 6.54 Å². The summed E-state index contributed by atoms with van der Waals surface area (Å²) in [4.78, 5) is 4.42. The summed E-state index contributed by atoms with van der Waals surface area (Å²) in [5.41, 5.74) is 4.26. The molecule has 0 fully saturated rings. The maximum Gasteiger partial charge on any atom is 0.178 e. The summed E-state index contributed by atoms with van der Waals surface area (Å²) in [5, 5.41) is 21.8. The van der Waals surface area contributed by atoms with E-state index in [-0.39, 0.29) is 0 Å². The molecule has 0 aliphatic carbocycles. The molecule has 0 bridgehead atoms. The molecular weight excluding hydrogens is 368 g/mol. The number of rotatable bonds is 5. The van der Waals surface area contributed by atoms with E-state index in [0.717, 1.165) is 33.6 Å². The zero-order chi connectivity index (χ0) is 19.8. The number of anilines is 1. The minimum atomic E-state index is 0.468. The van der Waals surface area contributed by atoms with Gasteiger partial charge in [0.1, 0.15) is 5.75 Å². The molecule has 0 aliphatic rings. The third kappa shape index (κ3) is 3.12. The van der Waals surface area contributed by atoms with E-state index in [1.54, 1.807) is 28.7 Å². The summed E-state index contributed by atoms with van der Waals surface area (Å²) >= 11 is 0. The summed E-state index contributed by atoms with van der Waals surface area (Å²) in [6.07, 6.45) is 5.48.